The molecule has 10 heteroatoms. The van der Waals surface area contributed by atoms with Crippen molar-refractivity contribution in [3.63, 3.8) is 0 Å². The van der Waals surface area contributed by atoms with Crippen LogP contribution >= 0.6 is 11.6 Å². The highest BCUT2D eigenvalue weighted by atomic mass is 35.5. The summed E-state index contributed by atoms with van der Waals surface area (Å²) in [6, 6.07) is 18.4. The van der Waals surface area contributed by atoms with Gasteiger partial charge in [0, 0.05) is 0 Å². The van der Waals surface area contributed by atoms with Gasteiger partial charge in [-0.3, -0.25) is 9.52 Å². The predicted octanol–water partition coefficient (Wildman–Crippen LogP) is 4.33. The van der Waals surface area contributed by atoms with Crippen LogP contribution in [0.25, 0.3) is 0 Å². The first kappa shape index (κ1) is 24.1. The first-order chi connectivity index (χ1) is 15.7. The number of benzene rings is 3. The third kappa shape index (κ3) is 6.03. The summed E-state index contributed by atoms with van der Waals surface area (Å²) in [5.74, 6) is -0.972. The molecule has 172 valence electrons. The smallest absolute Gasteiger partial charge is 0.338 e. The predicted molar refractivity (Wildman–Crippen MR) is 125 cm³/mol. The van der Waals surface area contributed by atoms with E-state index in [0.29, 0.717) is 16.5 Å². The van der Waals surface area contributed by atoms with Gasteiger partial charge in [0.2, 0.25) is 0 Å². The molecule has 0 bridgehead atoms. The molecule has 3 rings (SSSR count). The van der Waals surface area contributed by atoms with Crippen molar-refractivity contribution in [3.05, 3.63) is 83.4 Å². The van der Waals surface area contributed by atoms with Gasteiger partial charge >= 0.3 is 5.97 Å². The molecule has 2 N–H and O–H groups in total. The summed E-state index contributed by atoms with van der Waals surface area (Å²) in [5, 5.41) is 2.93. The molecule has 0 aliphatic carbocycles. The molecule has 1 amide bonds. The lowest BCUT2D eigenvalue weighted by atomic mass is 10.2. The van der Waals surface area contributed by atoms with E-state index in [2.05, 4.69) is 10.0 Å². The van der Waals surface area contributed by atoms with Crippen molar-refractivity contribution >= 4 is 44.9 Å². The van der Waals surface area contributed by atoms with Gasteiger partial charge < -0.3 is 14.8 Å². The van der Waals surface area contributed by atoms with E-state index in [-0.39, 0.29) is 16.1 Å². The van der Waals surface area contributed by atoms with Gasteiger partial charge in [0.05, 0.1) is 34.0 Å². The van der Waals surface area contributed by atoms with Crippen molar-refractivity contribution in [2.75, 3.05) is 17.1 Å². The normalized spacial score (nSPS) is 11.8. The van der Waals surface area contributed by atoms with Crippen LogP contribution in [0.2, 0.25) is 5.02 Å². The van der Waals surface area contributed by atoms with Gasteiger partial charge in [0.25, 0.3) is 15.9 Å². The summed E-state index contributed by atoms with van der Waals surface area (Å²) in [4.78, 5) is 24.6. The number of hydrogen-bond acceptors (Lipinski definition) is 6. The van der Waals surface area contributed by atoms with Crippen LogP contribution in [-0.2, 0) is 19.6 Å². The molecule has 1 unspecified atom stereocenters. The Morgan fingerprint density at radius 1 is 0.909 bits per heavy atom. The number of esters is 1. The highest BCUT2D eigenvalue weighted by molar-refractivity contribution is 7.92. The van der Waals surface area contributed by atoms with E-state index in [9.17, 15) is 18.0 Å². The number of rotatable bonds is 8. The van der Waals surface area contributed by atoms with E-state index in [0.717, 1.165) is 0 Å². The third-order valence-electron chi connectivity index (χ3n) is 4.54. The van der Waals surface area contributed by atoms with E-state index >= 15 is 0 Å². The third-order valence-corrected chi connectivity index (χ3v) is 6.25. The average molecular weight is 489 g/mol. The minimum atomic E-state index is -3.92. The molecule has 0 saturated heterocycles. The second-order valence-electron chi connectivity index (χ2n) is 6.85. The van der Waals surface area contributed by atoms with E-state index in [1.54, 1.807) is 48.5 Å². The summed E-state index contributed by atoms with van der Waals surface area (Å²) >= 11 is 6.01. The van der Waals surface area contributed by atoms with Gasteiger partial charge in [-0.15, -0.1) is 0 Å². The van der Waals surface area contributed by atoms with Crippen molar-refractivity contribution in [1.29, 1.82) is 0 Å². The molecule has 8 nitrogen and oxygen atoms in total. The van der Waals surface area contributed by atoms with Crippen LogP contribution < -0.4 is 14.8 Å². The van der Waals surface area contributed by atoms with Gasteiger partial charge in [0.1, 0.15) is 5.75 Å². The molecule has 0 heterocycles. The zero-order valence-corrected chi connectivity index (χ0v) is 19.3. The quantitative estimate of drug-likeness (QED) is 0.456. The second-order valence-corrected chi connectivity index (χ2v) is 8.94. The number of hydrogen-bond donors (Lipinski definition) is 2. The lowest BCUT2D eigenvalue weighted by Gasteiger charge is -2.14. The van der Waals surface area contributed by atoms with Crippen LogP contribution in [0.3, 0.4) is 0 Å². The Morgan fingerprint density at radius 3 is 2.15 bits per heavy atom. The Balaban J connectivity index is 1.65. The molecule has 3 aromatic rings. The molecule has 0 aliphatic heterocycles. The monoisotopic (exact) mass is 488 g/mol. The maximum Gasteiger partial charge on any atom is 0.338 e. The summed E-state index contributed by atoms with van der Waals surface area (Å²) in [5.41, 5.74) is 0.759. The van der Waals surface area contributed by atoms with E-state index < -0.39 is 28.0 Å². The molecule has 1 atom stereocenters. The van der Waals surface area contributed by atoms with Gasteiger partial charge in [0.15, 0.2) is 6.10 Å². The highest BCUT2D eigenvalue weighted by Gasteiger charge is 2.21. The Morgan fingerprint density at radius 2 is 1.52 bits per heavy atom. The number of anilines is 2. The molecule has 0 aliphatic rings. The van der Waals surface area contributed by atoms with Crippen LogP contribution in [0.5, 0.6) is 5.75 Å². The lowest BCUT2D eigenvalue weighted by molar-refractivity contribution is -0.123. The summed E-state index contributed by atoms with van der Waals surface area (Å²) < 4.78 is 38.1. The number of carbonyl (C=O) groups is 2. The molecule has 0 radical (unpaired) electrons. The number of ether oxygens (including phenoxy) is 2. The molecule has 0 spiro atoms. The van der Waals surface area contributed by atoms with E-state index in [1.807, 2.05) is 0 Å². The second kappa shape index (κ2) is 10.4. The highest BCUT2D eigenvalue weighted by Crippen LogP contribution is 2.26. The van der Waals surface area contributed by atoms with Gasteiger partial charge in [-0.1, -0.05) is 35.9 Å². The van der Waals surface area contributed by atoms with Crippen LogP contribution in [-0.4, -0.2) is 33.5 Å². The number of methoxy groups -OCH3 is 1. The van der Waals surface area contributed by atoms with Crippen LogP contribution in [0.15, 0.2) is 77.7 Å². The number of para-hydroxylation sites is 3. The zero-order chi connectivity index (χ0) is 24.0. The number of carbonyl (C=O) groups excluding carboxylic acids is 2. The lowest BCUT2D eigenvalue weighted by Crippen LogP contribution is -2.30. The molecule has 0 aromatic heterocycles. The molecular formula is C23H21ClN2O6S. The van der Waals surface area contributed by atoms with Crippen molar-refractivity contribution in [2.45, 2.75) is 17.9 Å². The number of halogens is 1. The fourth-order valence-electron chi connectivity index (χ4n) is 2.78. The van der Waals surface area contributed by atoms with Crippen molar-refractivity contribution in [3.8, 4) is 5.75 Å². The Hall–Kier alpha value is -3.56. The van der Waals surface area contributed by atoms with Crippen molar-refractivity contribution < 1.29 is 27.5 Å². The minimum absolute atomic E-state index is 0.0607. The standard InChI is InChI=1S/C23H21ClN2O6S/c1-15(22(27)25-19-8-4-3-7-18(19)24)32-23(28)16-11-13-17(14-12-16)33(29,30)26-20-9-5-6-10-21(20)31-2/h3-15,26H,1-2H3,(H,25,27). The summed E-state index contributed by atoms with van der Waals surface area (Å²) in [7, 11) is -2.49. The Kier molecular flexibility index (Phi) is 7.57. The number of nitrogens with one attached hydrogen (secondary N) is 2. The zero-order valence-electron chi connectivity index (χ0n) is 17.7. The first-order valence-corrected chi connectivity index (χ1v) is 11.6. The van der Waals surface area contributed by atoms with E-state index in [4.69, 9.17) is 21.1 Å². The fourth-order valence-corrected chi connectivity index (χ4v) is 4.04. The Labute approximate surface area is 196 Å². The maximum absolute atomic E-state index is 12.7. The first-order valence-electron chi connectivity index (χ1n) is 9.73. The summed E-state index contributed by atoms with van der Waals surface area (Å²) in [6.07, 6.45) is -1.11. The van der Waals surface area contributed by atoms with Crippen molar-refractivity contribution in [2.24, 2.45) is 0 Å². The number of sulfonamides is 1. The maximum atomic E-state index is 12.7. The van der Waals surface area contributed by atoms with Crippen LogP contribution in [0, 0.1) is 0 Å². The minimum Gasteiger partial charge on any atom is -0.495 e. The molecule has 0 saturated carbocycles. The van der Waals surface area contributed by atoms with Crippen LogP contribution in [0.1, 0.15) is 17.3 Å². The van der Waals surface area contributed by atoms with Gasteiger partial charge in [-0.05, 0) is 55.5 Å². The van der Waals surface area contributed by atoms with Gasteiger partial charge in [-0.2, -0.15) is 0 Å². The largest absolute Gasteiger partial charge is 0.495 e. The average Bonchev–Trinajstić information content (AvgIpc) is 2.80. The Bertz CT molecular complexity index is 1260. The topological polar surface area (TPSA) is 111 Å². The van der Waals surface area contributed by atoms with Gasteiger partial charge in [-0.25, -0.2) is 13.2 Å². The van der Waals surface area contributed by atoms with E-state index in [1.165, 1.54) is 38.3 Å². The molecule has 3 aromatic carbocycles. The van der Waals surface area contributed by atoms with Crippen LogP contribution in [0.4, 0.5) is 11.4 Å². The molecule has 33 heavy (non-hydrogen) atoms. The van der Waals surface area contributed by atoms with Crippen molar-refractivity contribution in [1.82, 2.24) is 0 Å². The SMILES string of the molecule is COc1ccccc1NS(=O)(=O)c1ccc(C(=O)OC(C)C(=O)Nc2ccccc2Cl)cc1. The number of amides is 1. The molecular weight excluding hydrogens is 468 g/mol. The fraction of sp³-hybridized carbons (Fsp3) is 0.130. The molecule has 0 fully saturated rings. The summed E-state index contributed by atoms with van der Waals surface area (Å²) in [6.45, 7) is 1.42.